The number of hydrogen-bond donors (Lipinski definition) is 0. The molecule has 1 rings (SSSR count). The van der Waals surface area contributed by atoms with Gasteiger partial charge in [-0.25, -0.2) is 0 Å². The lowest BCUT2D eigenvalue weighted by atomic mass is 9.91. The molecule has 16 heavy (non-hydrogen) atoms. The van der Waals surface area contributed by atoms with Crippen molar-refractivity contribution in [1.29, 1.82) is 0 Å². The van der Waals surface area contributed by atoms with Crippen molar-refractivity contribution in [3.05, 3.63) is 11.8 Å². The zero-order valence-corrected chi connectivity index (χ0v) is 9.30. The maximum Gasteiger partial charge on any atom is 0.392 e. The quantitative estimate of drug-likeness (QED) is 0.752. The molecule has 0 saturated carbocycles. The third-order valence-electron chi connectivity index (χ3n) is 2.28. The predicted octanol–water partition coefficient (Wildman–Crippen LogP) is 3.08. The Labute approximate surface area is 92.5 Å². The van der Waals surface area contributed by atoms with Crippen LogP contribution in [0.1, 0.15) is 26.7 Å². The molecule has 1 aliphatic carbocycles. The van der Waals surface area contributed by atoms with Gasteiger partial charge in [0.05, 0.1) is 12.5 Å². The monoisotopic (exact) mass is 236 g/mol. The molecule has 0 bridgehead atoms. The molecule has 0 aromatic carbocycles. The third kappa shape index (κ3) is 3.87. The van der Waals surface area contributed by atoms with Gasteiger partial charge < -0.3 is 4.74 Å². The summed E-state index contributed by atoms with van der Waals surface area (Å²) in [6.07, 6.45) is -3.82. The molecule has 0 aromatic rings. The van der Waals surface area contributed by atoms with Crippen LogP contribution in [0.5, 0.6) is 0 Å². The summed E-state index contributed by atoms with van der Waals surface area (Å²) in [4.78, 5) is 11.1. The van der Waals surface area contributed by atoms with Crippen LogP contribution in [0.4, 0.5) is 13.2 Å². The summed E-state index contributed by atoms with van der Waals surface area (Å²) < 4.78 is 42.5. The van der Waals surface area contributed by atoms with Crippen LogP contribution < -0.4 is 0 Å². The van der Waals surface area contributed by atoms with Crippen molar-refractivity contribution in [2.45, 2.75) is 32.9 Å². The van der Waals surface area contributed by atoms with Gasteiger partial charge in [-0.1, -0.05) is 13.8 Å². The van der Waals surface area contributed by atoms with E-state index in [0.717, 1.165) is 0 Å². The van der Waals surface area contributed by atoms with Gasteiger partial charge in [-0.05, 0) is 5.92 Å². The molecule has 0 amide bonds. The van der Waals surface area contributed by atoms with Crippen LogP contribution in [-0.4, -0.2) is 18.6 Å². The van der Waals surface area contributed by atoms with Crippen LogP contribution in [0, 0.1) is 11.8 Å². The van der Waals surface area contributed by atoms with Crippen LogP contribution in [0.25, 0.3) is 0 Å². The smallest absolute Gasteiger partial charge is 0.392 e. The number of alkyl halides is 3. The Bertz CT molecular complexity index is 292. The fourth-order valence-corrected chi connectivity index (χ4v) is 1.46. The number of ketones is 1. The summed E-state index contributed by atoms with van der Waals surface area (Å²) in [6, 6.07) is 0. The molecule has 0 aromatic heterocycles. The SMILES string of the molecule is CC(C)COC1=CC(=O)CC(C(F)(F)F)C1. The molecule has 1 unspecified atom stereocenters. The highest BCUT2D eigenvalue weighted by atomic mass is 19.4. The minimum absolute atomic E-state index is 0.160. The molecule has 1 aliphatic rings. The molecule has 0 fully saturated rings. The van der Waals surface area contributed by atoms with Gasteiger partial charge in [-0.3, -0.25) is 4.79 Å². The maximum absolute atomic E-state index is 12.5. The molecule has 0 N–H and O–H groups in total. The van der Waals surface area contributed by atoms with Crippen LogP contribution >= 0.6 is 0 Å². The zero-order chi connectivity index (χ0) is 12.3. The van der Waals surface area contributed by atoms with Gasteiger partial charge in [0, 0.05) is 18.9 Å². The van der Waals surface area contributed by atoms with Gasteiger partial charge >= 0.3 is 6.18 Å². The summed E-state index contributed by atoms with van der Waals surface area (Å²) in [5.41, 5.74) is 0. The molecule has 0 spiro atoms. The average Bonchev–Trinajstić information content (AvgIpc) is 2.12. The van der Waals surface area contributed by atoms with E-state index >= 15 is 0 Å². The molecule has 92 valence electrons. The van der Waals surface area contributed by atoms with E-state index in [1.54, 1.807) is 0 Å². The van der Waals surface area contributed by atoms with Gasteiger partial charge in [0.25, 0.3) is 0 Å². The number of rotatable bonds is 3. The minimum atomic E-state index is -4.32. The molecular formula is C11H15F3O2. The van der Waals surface area contributed by atoms with E-state index in [1.807, 2.05) is 13.8 Å². The minimum Gasteiger partial charge on any atom is -0.498 e. The average molecular weight is 236 g/mol. The maximum atomic E-state index is 12.5. The lowest BCUT2D eigenvalue weighted by Crippen LogP contribution is -2.29. The second kappa shape index (κ2) is 4.89. The molecule has 0 aliphatic heterocycles. The molecule has 5 heteroatoms. The summed E-state index contributed by atoms with van der Waals surface area (Å²) in [5.74, 6) is -1.71. The molecular weight excluding hydrogens is 221 g/mol. The summed E-state index contributed by atoms with van der Waals surface area (Å²) in [6.45, 7) is 4.13. The number of carbonyl (C=O) groups is 1. The lowest BCUT2D eigenvalue weighted by Gasteiger charge is -2.24. The highest BCUT2D eigenvalue weighted by Crippen LogP contribution is 2.36. The second-order valence-electron chi connectivity index (χ2n) is 4.43. The van der Waals surface area contributed by atoms with Crippen molar-refractivity contribution in [3.8, 4) is 0 Å². The zero-order valence-electron chi connectivity index (χ0n) is 9.30. The van der Waals surface area contributed by atoms with E-state index in [4.69, 9.17) is 4.74 Å². The number of allylic oxidation sites excluding steroid dienone is 2. The number of ether oxygens (including phenoxy) is 1. The highest BCUT2D eigenvalue weighted by molar-refractivity contribution is 5.91. The van der Waals surface area contributed by atoms with Crippen molar-refractivity contribution in [2.24, 2.45) is 11.8 Å². The largest absolute Gasteiger partial charge is 0.498 e. The van der Waals surface area contributed by atoms with E-state index < -0.39 is 24.3 Å². The predicted molar refractivity (Wildman–Crippen MR) is 52.7 cm³/mol. The van der Waals surface area contributed by atoms with Crippen molar-refractivity contribution in [2.75, 3.05) is 6.61 Å². The number of carbonyl (C=O) groups excluding carboxylic acids is 1. The Morgan fingerprint density at radius 3 is 2.56 bits per heavy atom. The van der Waals surface area contributed by atoms with Gasteiger partial charge in [0.1, 0.15) is 5.76 Å². The van der Waals surface area contributed by atoms with E-state index in [-0.39, 0.29) is 18.1 Å². The van der Waals surface area contributed by atoms with E-state index in [0.29, 0.717) is 6.61 Å². The standard InChI is InChI=1S/C11H15F3O2/c1-7(2)6-16-10-4-8(11(12,13)14)3-9(15)5-10/h5,7-8H,3-4,6H2,1-2H3. The Balaban J connectivity index is 2.62. The molecule has 1 atom stereocenters. The topological polar surface area (TPSA) is 26.3 Å². The molecule has 0 heterocycles. The lowest BCUT2D eigenvalue weighted by molar-refractivity contribution is -0.180. The van der Waals surface area contributed by atoms with Crippen LogP contribution in [-0.2, 0) is 9.53 Å². The number of hydrogen-bond acceptors (Lipinski definition) is 2. The molecule has 2 nitrogen and oxygen atoms in total. The Morgan fingerprint density at radius 2 is 2.06 bits per heavy atom. The van der Waals surface area contributed by atoms with E-state index in [1.165, 1.54) is 6.08 Å². The molecule has 0 saturated heterocycles. The Kier molecular flexibility index (Phi) is 3.99. The Hall–Kier alpha value is -1.00. The van der Waals surface area contributed by atoms with E-state index in [2.05, 4.69) is 0 Å². The van der Waals surface area contributed by atoms with Gasteiger partial charge in [-0.15, -0.1) is 0 Å². The fourth-order valence-electron chi connectivity index (χ4n) is 1.46. The van der Waals surface area contributed by atoms with Crippen molar-refractivity contribution in [1.82, 2.24) is 0 Å². The van der Waals surface area contributed by atoms with Crippen LogP contribution in [0.2, 0.25) is 0 Å². The second-order valence-corrected chi connectivity index (χ2v) is 4.43. The first-order valence-electron chi connectivity index (χ1n) is 5.22. The first kappa shape index (κ1) is 13.1. The summed E-state index contributed by atoms with van der Waals surface area (Å²) in [5, 5.41) is 0. The summed E-state index contributed by atoms with van der Waals surface area (Å²) >= 11 is 0. The van der Waals surface area contributed by atoms with Crippen molar-refractivity contribution < 1.29 is 22.7 Å². The summed E-state index contributed by atoms with van der Waals surface area (Å²) in [7, 11) is 0. The Morgan fingerprint density at radius 1 is 1.44 bits per heavy atom. The van der Waals surface area contributed by atoms with E-state index in [9.17, 15) is 18.0 Å². The van der Waals surface area contributed by atoms with Crippen molar-refractivity contribution in [3.63, 3.8) is 0 Å². The van der Waals surface area contributed by atoms with Gasteiger partial charge in [0.2, 0.25) is 0 Å². The normalized spacial score (nSPS) is 22.2. The van der Waals surface area contributed by atoms with Crippen molar-refractivity contribution >= 4 is 5.78 Å². The van der Waals surface area contributed by atoms with Gasteiger partial charge in [-0.2, -0.15) is 13.2 Å². The first-order chi connectivity index (χ1) is 7.29. The highest BCUT2D eigenvalue weighted by Gasteiger charge is 2.42. The van der Waals surface area contributed by atoms with Crippen LogP contribution in [0.15, 0.2) is 11.8 Å². The number of halogens is 3. The first-order valence-corrected chi connectivity index (χ1v) is 5.22. The fraction of sp³-hybridized carbons (Fsp3) is 0.727. The third-order valence-corrected chi connectivity index (χ3v) is 2.28. The van der Waals surface area contributed by atoms with Crippen LogP contribution in [0.3, 0.4) is 0 Å². The molecule has 0 radical (unpaired) electrons. The van der Waals surface area contributed by atoms with Gasteiger partial charge in [0.15, 0.2) is 5.78 Å².